The molecule has 2 amide bonds. The molecule has 0 aliphatic heterocycles. The van der Waals surface area contributed by atoms with Gasteiger partial charge in [0.2, 0.25) is 0 Å². The summed E-state index contributed by atoms with van der Waals surface area (Å²) in [6.07, 6.45) is 0. The third-order valence-electron chi connectivity index (χ3n) is 2.92. The van der Waals surface area contributed by atoms with Crippen molar-refractivity contribution < 1.29 is 9.53 Å². The number of benzene rings is 1. The Bertz CT molecular complexity index is 568. The number of anilines is 1. The highest BCUT2D eigenvalue weighted by atomic mass is 32.1. The van der Waals surface area contributed by atoms with Gasteiger partial charge in [-0.25, -0.2) is 4.79 Å². The van der Waals surface area contributed by atoms with Crippen molar-refractivity contribution in [3.63, 3.8) is 0 Å². The Labute approximate surface area is 134 Å². The Balaban J connectivity index is 1.74. The average molecular weight is 319 g/mol. The van der Waals surface area contributed by atoms with E-state index in [0.29, 0.717) is 13.2 Å². The summed E-state index contributed by atoms with van der Waals surface area (Å²) >= 11 is 1.62. The van der Waals surface area contributed by atoms with Crippen LogP contribution in [-0.2, 0) is 6.54 Å². The SMILES string of the molecule is CN(C)CCOc1ccc(NC(=O)NCc2cccs2)cc1. The number of amides is 2. The molecule has 5 nitrogen and oxygen atoms in total. The van der Waals surface area contributed by atoms with E-state index in [-0.39, 0.29) is 6.03 Å². The number of hydrogen-bond acceptors (Lipinski definition) is 4. The molecule has 0 aliphatic carbocycles. The summed E-state index contributed by atoms with van der Waals surface area (Å²) in [5.74, 6) is 0.798. The van der Waals surface area contributed by atoms with Crippen LogP contribution in [0.15, 0.2) is 41.8 Å². The number of nitrogens with zero attached hydrogens (tertiary/aromatic N) is 1. The molecular weight excluding hydrogens is 298 g/mol. The lowest BCUT2D eigenvalue weighted by atomic mass is 10.3. The van der Waals surface area contributed by atoms with E-state index in [1.165, 1.54) is 0 Å². The van der Waals surface area contributed by atoms with Crippen LogP contribution >= 0.6 is 11.3 Å². The second-order valence-electron chi connectivity index (χ2n) is 5.06. The Morgan fingerprint density at radius 1 is 1.23 bits per heavy atom. The average Bonchev–Trinajstić information content (AvgIpc) is 3.00. The molecule has 0 fully saturated rings. The lowest BCUT2D eigenvalue weighted by Crippen LogP contribution is -2.27. The standard InChI is InChI=1S/C16H21N3O2S/c1-19(2)9-10-21-14-7-5-13(6-8-14)18-16(20)17-12-15-4-3-11-22-15/h3-8,11H,9-10,12H2,1-2H3,(H2,17,18,20). The van der Waals surface area contributed by atoms with Crippen molar-refractivity contribution in [2.45, 2.75) is 6.54 Å². The molecule has 2 rings (SSSR count). The van der Waals surface area contributed by atoms with Gasteiger partial charge < -0.3 is 20.3 Å². The fraction of sp³-hybridized carbons (Fsp3) is 0.312. The minimum absolute atomic E-state index is 0.213. The number of thiophene rings is 1. The summed E-state index contributed by atoms with van der Waals surface area (Å²) in [4.78, 5) is 15.0. The van der Waals surface area contributed by atoms with Gasteiger partial charge in [0.1, 0.15) is 12.4 Å². The van der Waals surface area contributed by atoms with Crippen LogP contribution in [-0.4, -0.2) is 38.2 Å². The van der Waals surface area contributed by atoms with E-state index >= 15 is 0 Å². The zero-order valence-electron chi connectivity index (χ0n) is 12.8. The lowest BCUT2D eigenvalue weighted by molar-refractivity contribution is 0.251. The van der Waals surface area contributed by atoms with Gasteiger partial charge in [0.15, 0.2) is 0 Å². The molecule has 0 radical (unpaired) electrons. The van der Waals surface area contributed by atoms with Crippen molar-refractivity contribution in [3.8, 4) is 5.75 Å². The molecule has 0 saturated carbocycles. The van der Waals surface area contributed by atoms with Gasteiger partial charge in [-0.3, -0.25) is 0 Å². The van der Waals surface area contributed by atoms with E-state index in [9.17, 15) is 4.79 Å². The maximum absolute atomic E-state index is 11.8. The Morgan fingerprint density at radius 2 is 2.00 bits per heavy atom. The normalized spacial score (nSPS) is 10.5. The van der Waals surface area contributed by atoms with Crippen LogP contribution < -0.4 is 15.4 Å². The summed E-state index contributed by atoms with van der Waals surface area (Å²) in [6.45, 7) is 2.04. The number of nitrogens with one attached hydrogen (secondary N) is 2. The highest BCUT2D eigenvalue weighted by Crippen LogP contribution is 2.15. The smallest absolute Gasteiger partial charge is 0.319 e. The molecule has 0 atom stereocenters. The molecule has 0 bridgehead atoms. The lowest BCUT2D eigenvalue weighted by Gasteiger charge is -2.11. The first-order chi connectivity index (χ1) is 10.6. The van der Waals surface area contributed by atoms with Gasteiger partial charge in [-0.05, 0) is 49.8 Å². The van der Waals surface area contributed by atoms with E-state index in [1.54, 1.807) is 11.3 Å². The van der Waals surface area contributed by atoms with Gasteiger partial charge in [0, 0.05) is 17.1 Å². The zero-order valence-corrected chi connectivity index (χ0v) is 13.7. The predicted octanol–water partition coefficient (Wildman–Crippen LogP) is 3.01. The van der Waals surface area contributed by atoms with Crippen molar-refractivity contribution in [1.29, 1.82) is 0 Å². The van der Waals surface area contributed by atoms with Crippen LogP contribution in [0.2, 0.25) is 0 Å². The maximum atomic E-state index is 11.8. The van der Waals surface area contributed by atoms with Crippen molar-refractivity contribution in [3.05, 3.63) is 46.7 Å². The van der Waals surface area contributed by atoms with Crippen molar-refractivity contribution >= 4 is 23.1 Å². The number of likely N-dealkylation sites (N-methyl/N-ethyl adjacent to an activating group) is 1. The second kappa shape index (κ2) is 8.41. The third-order valence-corrected chi connectivity index (χ3v) is 3.80. The molecule has 0 saturated heterocycles. The number of carbonyl (C=O) groups excluding carboxylic acids is 1. The Morgan fingerprint density at radius 3 is 2.64 bits per heavy atom. The molecule has 6 heteroatoms. The number of hydrogen-bond donors (Lipinski definition) is 2. The first kappa shape index (κ1) is 16.3. The summed E-state index contributed by atoms with van der Waals surface area (Å²) in [7, 11) is 4.01. The third kappa shape index (κ3) is 5.75. The molecule has 2 aromatic rings. The van der Waals surface area contributed by atoms with Gasteiger partial charge >= 0.3 is 6.03 Å². The summed E-state index contributed by atoms with van der Waals surface area (Å²) in [5, 5.41) is 7.61. The number of ether oxygens (including phenoxy) is 1. The molecule has 1 heterocycles. The van der Waals surface area contributed by atoms with E-state index in [4.69, 9.17) is 4.74 Å². The largest absolute Gasteiger partial charge is 0.492 e. The molecule has 1 aromatic heterocycles. The zero-order chi connectivity index (χ0) is 15.8. The van der Waals surface area contributed by atoms with Crippen LogP contribution in [0.1, 0.15) is 4.88 Å². The monoisotopic (exact) mass is 319 g/mol. The topological polar surface area (TPSA) is 53.6 Å². The highest BCUT2D eigenvalue weighted by molar-refractivity contribution is 7.09. The quantitative estimate of drug-likeness (QED) is 0.825. The van der Waals surface area contributed by atoms with E-state index in [2.05, 4.69) is 15.5 Å². The molecule has 22 heavy (non-hydrogen) atoms. The molecule has 0 aliphatic rings. The fourth-order valence-corrected chi connectivity index (χ4v) is 2.38. The van der Waals surface area contributed by atoms with Crippen LogP contribution in [0.5, 0.6) is 5.75 Å². The van der Waals surface area contributed by atoms with Crippen molar-refractivity contribution in [2.24, 2.45) is 0 Å². The first-order valence-electron chi connectivity index (χ1n) is 7.08. The molecule has 0 unspecified atom stereocenters. The number of rotatable bonds is 7. The van der Waals surface area contributed by atoms with Crippen molar-refractivity contribution in [2.75, 3.05) is 32.6 Å². The molecule has 0 spiro atoms. The van der Waals surface area contributed by atoms with Gasteiger partial charge in [-0.1, -0.05) is 6.07 Å². The summed E-state index contributed by atoms with van der Waals surface area (Å²) in [5.41, 5.74) is 0.739. The van der Waals surface area contributed by atoms with Crippen LogP contribution in [0.4, 0.5) is 10.5 Å². The van der Waals surface area contributed by atoms with E-state index in [1.807, 2.05) is 55.9 Å². The molecule has 1 aromatic carbocycles. The number of urea groups is 1. The molecule has 2 N–H and O–H groups in total. The summed E-state index contributed by atoms with van der Waals surface area (Å²) in [6, 6.07) is 11.1. The molecular formula is C16H21N3O2S. The minimum Gasteiger partial charge on any atom is -0.492 e. The fourth-order valence-electron chi connectivity index (χ4n) is 1.74. The van der Waals surface area contributed by atoms with Gasteiger partial charge in [0.05, 0.1) is 6.54 Å². The van der Waals surface area contributed by atoms with Gasteiger partial charge in [-0.2, -0.15) is 0 Å². The summed E-state index contributed by atoms with van der Waals surface area (Å²) < 4.78 is 5.60. The Hall–Kier alpha value is -2.05. The van der Waals surface area contributed by atoms with Crippen LogP contribution in [0.25, 0.3) is 0 Å². The first-order valence-corrected chi connectivity index (χ1v) is 7.96. The van der Waals surface area contributed by atoms with Crippen LogP contribution in [0.3, 0.4) is 0 Å². The van der Waals surface area contributed by atoms with Gasteiger partial charge in [0.25, 0.3) is 0 Å². The van der Waals surface area contributed by atoms with Crippen LogP contribution in [0, 0.1) is 0 Å². The molecule has 118 valence electrons. The second-order valence-corrected chi connectivity index (χ2v) is 6.10. The van der Waals surface area contributed by atoms with E-state index in [0.717, 1.165) is 22.9 Å². The highest BCUT2D eigenvalue weighted by Gasteiger charge is 2.03. The minimum atomic E-state index is -0.213. The van der Waals surface area contributed by atoms with E-state index < -0.39 is 0 Å². The number of carbonyl (C=O) groups is 1. The maximum Gasteiger partial charge on any atom is 0.319 e. The van der Waals surface area contributed by atoms with Gasteiger partial charge in [-0.15, -0.1) is 11.3 Å². The predicted molar refractivity (Wildman–Crippen MR) is 90.7 cm³/mol. The Kier molecular flexibility index (Phi) is 6.24. The van der Waals surface area contributed by atoms with Crippen molar-refractivity contribution in [1.82, 2.24) is 10.2 Å².